The second kappa shape index (κ2) is 8.60. The molecule has 5 heteroatoms. The van der Waals surface area contributed by atoms with Crippen molar-refractivity contribution in [3.8, 4) is 0 Å². The van der Waals surface area contributed by atoms with Gasteiger partial charge < -0.3 is 15.4 Å². The topological polar surface area (TPSA) is 53.6 Å². The molecular weight excluding hydrogens is 254 g/mol. The molecule has 1 saturated heterocycles. The van der Waals surface area contributed by atoms with Gasteiger partial charge in [0.25, 0.3) is 0 Å². The van der Waals surface area contributed by atoms with Crippen LogP contribution in [0.3, 0.4) is 0 Å². The van der Waals surface area contributed by atoms with Crippen LogP contribution in [0.5, 0.6) is 0 Å². The molecule has 2 N–H and O–H groups in total. The van der Waals surface area contributed by atoms with Gasteiger partial charge in [-0.3, -0.25) is 9.69 Å². The molecule has 1 amide bonds. The third-order valence-electron chi connectivity index (χ3n) is 4.28. The van der Waals surface area contributed by atoms with Gasteiger partial charge in [0.15, 0.2) is 0 Å². The number of rotatable bonds is 9. The van der Waals surface area contributed by atoms with Crippen LogP contribution in [0, 0.1) is 11.8 Å². The summed E-state index contributed by atoms with van der Waals surface area (Å²) in [7, 11) is 1.73. The zero-order valence-corrected chi connectivity index (χ0v) is 12.7. The van der Waals surface area contributed by atoms with Crippen molar-refractivity contribution in [1.82, 2.24) is 15.5 Å². The molecule has 20 heavy (non-hydrogen) atoms. The molecule has 1 aliphatic heterocycles. The van der Waals surface area contributed by atoms with Gasteiger partial charge in [-0.15, -0.1) is 0 Å². The highest BCUT2D eigenvalue weighted by atomic mass is 16.5. The molecule has 2 rings (SSSR count). The quantitative estimate of drug-likeness (QED) is 0.604. The Morgan fingerprint density at radius 3 is 2.50 bits per heavy atom. The summed E-state index contributed by atoms with van der Waals surface area (Å²) in [5, 5.41) is 6.47. The van der Waals surface area contributed by atoms with Crippen molar-refractivity contribution in [1.29, 1.82) is 0 Å². The first-order chi connectivity index (χ1) is 9.78. The average molecular weight is 283 g/mol. The standard InChI is InChI=1S/C15H29N3O2/c1-20-9-6-16-10-14-4-7-18(8-5-14)12-15(19)17-11-13-2-3-13/h13-14,16H,2-12H2,1H3,(H,17,19). The number of likely N-dealkylation sites (tertiary alicyclic amines) is 1. The first kappa shape index (κ1) is 15.7. The van der Waals surface area contributed by atoms with E-state index in [0.29, 0.717) is 6.54 Å². The maximum atomic E-state index is 11.8. The molecule has 2 fully saturated rings. The molecule has 0 radical (unpaired) electrons. The van der Waals surface area contributed by atoms with Gasteiger partial charge in [0.1, 0.15) is 0 Å². The summed E-state index contributed by atoms with van der Waals surface area (Å²) in [5.41, 5.74) is 0. The Bertz CT molecular complexity index is 287. The van der Waals surface area contributed by atoms with Gasteiger partial charge in [-0.25, -0.2) is 0 Å². The lowest BCUT2D eigenvalue weighted by Gasteiger charge is -2.31. The Morgan fingerprint density at radius 2 is 1.85 bits per heavy atom. The smallest absolute Gasteiger partial charge is 0.234 e. The van der Waals surface area contributed by atoms with Crippen molar-refractivity contribution in [2.45, 2.75) is 25.7 Å². The maximum absolute atomic E-state index is 11.8. The normalized spacial score (nSPS) is 21.1. The highest BCUT2D eigenvalue weighted by Gasteiger charge is 2.23. The average Bonchev–Trinajstić information content (AvgIpc) is 3.27. The second-order valence-electron chi connectivity index (χ2n) is 6.16. The van der Waals surface area contributed by atoms with Crippen LogP contribution in [0.15, 0.2) is 0 Å². The van der Waals surface area contributed by atoms with E-state index in [2.05, 4.69) is 15.5 Å². The largest absolute Gasteiger partial charge is 0.383 e. The van der Waals surface area contributed by atoms with Gasteiger partial charge in [-0.05, 0) is 57.2 Å². The van der Waals surface area contributed by atoms with E-state index in [1.54, 1.807) is 7.11 Å². The minimum absolute atomic E-state index is 0.202. The van der Waals surface area contributed by atoms with Crippen molar-refractivity contribution in [3.63, 3.8) is 0 Å². The number of carbonyl (C=O) groups is 1. The number of amides is 1. The fraction of sp³-hybridized carbons (Fsp3) is 0.933. The van der Waals surface area contributed by atoms with E-state index < -0.39 is 0 Å². The van der Waals surface area contributed by atoms with Gasteiger partial charge >= 0.3 is 0 Å². The molecule has 1 saturated carbocycles. The number of carbonyl (C=O) groups excluding carboxylic acids is 1. The molecule has 0 aromatic heterocycles. The number of nitrogens with zero attached hydrogens (tertiary/aromatic N) is 1. The summed E-state index contributed by atoms with van der Waals surface area (Å²) in [6.45, 7) is 6.35. The van der Waals surface area contributed by atoms with Crippen molar-refractivity contribution in [2.24, 2.45) is 11.8 Å². The van der Waals surface area contributed by atoms with E-state index in [9.17, 15) is 4.79 Å². The number of piperidine rings is 1. The zero-order valence-electron chi connectivity index (χ0n) is 12.7. The molecule has 1 aliphatic carbocycles. The Morgan fingerprint density at radius 1 is 1.15 bits per heavy atom. The molecule has 0 atom stereocenters. The minimum atomic E-state index is 0.202. The van der Waals surface area contributed by atoms with Gasteiger partial charge in [0.2, 0.25) is 5.91 Å². The number of nitrogens with one attached hydrogen (secondary N) is 2. The fourth-order valence-electron chi connectivity index (χ4n) is 2.67. The van der Waals surface area contributed by atoms with Gasteiger partial charge in [-0.1, -0.05) is 0 Å². The summed E-state index contributed by atoms with van der Waals surface area (Å²) in [5.74, 6) is 1.72. The van der Waals surface area contributed by atoms with Crippen LogP contribution in [0.2, 0.25) is 0 Å². The minimum Gasteiger partial charge on any atom is -0.383 e. The molecule has 1 heterocycles. The zero-order chi connectivity index (χ0) is 14.2. The van der Waals surface area contributed by atoms with Crippen LogP contribution in [0.4, 0.5) is 0 Å². The first-order valence-electron chi connectivity index (χ1n) is 7.96. The fourth-order valence-corrected chi connectivity index (χ4v) is 2.67. The van der Waals surface area contributed by atoms with Crippen LogP contribution in [0.25, 0.3) is 0 Å². The van der Waals surface area contributed by atoms with E-state index in [1.807, 2.05) is 0 Å². The summed E-state index contributed by atoms with van der Waals surface area (Å²) < 4.78 is 5.02. The van der Waals surface area contributed by atoms with E-state index in [0.717, 1.165) is 51.2 Å². The summed E-state index contributed by atoms with van der Waals surface area (Å²) in [4.78, 5) is 14.1. The summed E-state index contributed by atoms with van der Waals surface area (Å²) >= 11 is 0. The van der Waals surface area contributed by atoms with Gasteiger partial charge in [0.05, 0.1) is 13.2 Å². The van der Waals surface area contributed by atoms with Crippen molar-refractivity contribution in [2.75, 3.05) is 53.0 Å². The van der Waals surface area contributed by atoms with E-state index in [-0.39, 0.29) is 5.91 Å². The van der Waals surface area contributed by atoms with Crippen LogP contribution < -0.4 is 10.6 Å². The molecule has 116 valence electrons. The Labute approximate surface area is 122 Å². The summed E-state index contributed by atoms with van der Waals surface area (Å²) in [6.07, 6.45) is 4.97. The number of ether oxygens (including phenoxy) is 1. The number of hydrogen-bond donors (Lipinski definition) is 2. The number of methoxy groups -OCH3 is 1. The molecule has 0 spiro atoms. The molecule has 0 aromatic carbocycles. The van der Waals surface area contributed by atoms with Crippen molar-refractivity contribution >= 4 is 5.91 Å². The first-order valence-corrected chi connectivity index (χ1v) is 7.96. The lowest BCUT2D eigenvalue weighted by molar-refractivity contribution is -0.122. The summed E-state index contributed by atoms with van der Waals surface area (Å²) in [6, 6.07) is 0. The predicted molar refractivity (Wildman–Crippen MR) is 79.6 cm³/mol. The third kappa shape index (κ3) is 6.20. The van der Waals surface area contributed by atoms with Crippen LogP contribution in [0.1, 0.15) is 25.7 Å². The van der Waals surface area contributed by atoms with Crippen molar-refractivity contribution in [3.05, 3.63) is 0 Å². The highest BCUT2D eigenvalue weighted by molar-refractivity contribution is 5.78. The second-order valence-corrected chi connectivity index (χ2v) is 6.16. The highest BCUT2D eigenvalue weighted by Crippen LogP contribution is 2.27. The van der Waals surface area contributed by atoms with E-state index in [4.69, 9.17) is 4.74 Å². The van der Waals surface area contributed by atoms with Gasteiger partial charge in [-0.2, -0.15) is 0 Å². The lowest BCUT2D eigenvalue weighted by Crippen LogP contribution is -2.43. The van der Waals surface area contributed by atoms with Gasteiger partial charge in [0, 0.05) is 20.2 Å². The van der Waals surface area contributed by atoms with E-state index in [1.165, 1.54) is 25.7 Å². The molecule has 0 bridgehead atoms. The van der Waals surface area contributed by atoms with E-state index >= 15 is 0 Å². The Hall–Kier alpha value is -0.650. The molecule has 0 aromatic rings. The Kier molecular flexibility index (Phi) is 6.76. The molecule has 5 nitrogen and oxygen atoms in total. The SMILES string of the molecule is COCCNCC1CCN(CC(=O)NCC2CC2)CC1. The van der Waals surface area contributed by atoms with Crippen LogP contribution in [-0.4, -0.2) is 63.8 Å². The number of hydrogen-bond acceptors (Lipinski definition) is 4. The Balaban J connectivity index is 1.50. The monoisotopic (exact) mass is 283 g/mol. The van der Waals surface area contributed by atoms with Crippen LogP contribution in [-0.2, 0) is 9.53 Å². The van der Waals surface area contributed by atoms with Crippen molar-refractivity contribution < 1.29 is 9.53 Å². The molecule has 2 aliphatic rings. The molecular formula is C15H29N3O2. The third-order valence-corrected chi connectivity index (χ3v) is 4.28. The lowest BCUT2D eigenvalue weighted by atomic mass is 9.97. The van der Waals surface area contributed by atoms with Crippen LogP contribution >= 0.6 is 0 Å². The predicted octanol–water partition coefficient (Wildman–Crippen LogP) is 0.461. The maximum Gasteiger partial charge on any atom is 0.234 e. The molecule has 0 unspecified atom stereocenters.